The van der Waals surface area contributed by atoms with E-state index in [1.165, 1.54) is 16.9 Å². The molecule has 1 aliphatic heterocycles. The number of carbonyl (C=O) groups is 2. The van der Waals surface area contributed by atoms with Crippen LogP contribution in [0.5, 0.6) is 0 Å². The van der Waals surface area contributed by atoms with E-state index in [9.17, 15) is 9.59 Å². The third-order valence-electron chi connectivity index (χ3n) is 4.90. The average molecular weight is 386 g/mol. The van der Waals surface area contributed by atoms with E-state index < -0.39 is 6.04 Å². The second-order valence-corrected chi connectivity index (χ2v) is 8.21. The molecule has 5 nitrogen and oxygen atoms in total. The predicted molar refractivity (Wildman–Crippen MR) is 109 cm³/mol. The highest BCUT2D eigenvalue weighted by Crippen LogP contribution is 2.14. The van der Waals surface area contributed by atoms with E-state index >= 15 is 0 Å². The van der Waals surface area contributed by atoms with Gasteiger partial charge in [0.05, 0.1) is 4.88 Å². The summed E-state index contributed by atoms with van der Waals surface area (Å²) in [7, 11) is 0. The molecule has 0 unspecified atom stereocenters. The van der Waals surface area contributed by atoms with E-state index in [1.807, 2.05) is 36.3 Å². The number of hydrogen-bond donors (Lipinski definition) is 1. The van der Waals surface area contributed by atoms with Gasteiger partial charge in [-0.15, -0.1) is 11.3 Å². The van der Waals surface area contributed by atoms with Crippen LogP contribution >= 0.6 is 11.3 Å². The Bertz CT molecular complexity index is 738. The average Bonchev–Trinajstić information content (AvgIpc) is 3.21. The lowest BCUT2D eigenvalue weighted by Gasteiger charge is -2.37. The highest BCUT2D eigenvalue weighted by atomic mass is 32.1. The van der Waals surface area contributed by atoms with Crippen LogP contribution in [0, 0.1) is 5.92 Å². The fraction of sp³-hybridized carbons (Fsp3) is 0.429. The first kappa shape index (κ1) is 19.6. The zero-order chi connectivity index (χ0) is 19.2. The van der Waals surface area contributed by atoms with Gasteiger partial charge >= 0.3 is 0 Å². The van der Waals surface area contributed by atoms with Crippen LogP contribution in [0.3, 0.4) is 0 Å². The lowest BCUT2D eigenvalue weighted by molar-refractivity contribution is -0.136. The highest BCUT2D eigenvalue weighted by Gasteiger charge is 2.31. The van der Waals surface area contributed by atoms with E-state index in [-0.39, 0.29) is 17.7 Å². The molecule has 0 spiro atoms. The number of benzene rings is 1. The molecular formula is C21H27N3O2S. The Balaban J connectivity index is 1.55. The third-order valence-corrected chi connectivity index (χ3v) is 5.77. The van der Waals surface area contributed by atoms with Crippen LogP contribution in [0.1, 0.15) is 29.1 Å². The molecule has 0 saturated carbocycles. The van der Waals surface area contributed by atoms with Crippen LogP contribution in [-0.2, 0) is 11.3 Å². The van der Waals surface area contributed by atoms with Crippen LogP contribution in [0.15, 0.2) is 47.8 Å². The predicted octanol–water partition coefficient (Wildman–Crippen LogP) is 2.85. The van der Waals surface area contributed by atoms with Gasteiger partial charge in [0.1, 0.15) is 6.04 Å². The summed E-state index contributed by atoms with van der Waals surface area (Å²) in [5.41, 5.74) is 1.29. The van der Waals surface area contributed by atoms with E-state index in [1.54, 1.807) is 6.07 Å². The standard InChI is InChI=1S/C21H27N3O2S/c1-16(2)19(22-20(25)18-9-6-14-27-18)21(26)24-12-10-23(11-13-24)15-17-7-4-3-5-8-17/h3-9,14,16,19H,10-13,15H2,1-2H3,(H,22,25)/t19-/m0/s1. The van der Waals surface area contributed by atoms with E-state index in [0.717, 1.165) is 19.6 Å². The minimum Gasteiger partial charge on any atom is -0.339 e. The summed E-state index contributed by atoms with van der Waals surface area (Å²) >= 11 is 1.39. The van der Waals surface area contributed by atoms with Crippen molar-refractivity contribution in [2.24, 2.45) is 5.92 Å². The zero-order valence-corrected chi connectivity index (χ0v) is 16.7. The molecule has 2 aromatic rings. The number of piperazine rings is 1. The summed E-state index contributed by atoms with van der Waals surface area (Å²) in [5.74, 6) is -0.0993. The Labute approximate surface area is 165 Å². The van der Waals surface area contributed by atoms with Gasteiger partial charge in [0.25, 0.3) is 5.91 Å². The molecule has 0 aliphatic carbocycles. The van der Waals surface area contributed by atoms with Crippen LogP contribution in [0.2, 0.25) is 0 Å². The van der Waals surface area contributed by atoms with Gasteiger partial charge in [-0.2, -0.15) is 0 Å². The maximum absolute atomic E-state index is 13.0. The van der Waals surface area contributed by atoms with Crippen molar-refractivity contribution in [2.45, 2.75) is 26.4 Å². The Morgan fingerprint density at radius 3 is 2.33 bits per heavy atom. The van der Waals surface area contributed by atoms with Crippen LogP contribution in [0.25, 0.3) is 0 Å². The highest BCUT2D eigenvalue weighted by molar-refractivity contribution is 7.12. The molecule has 0 bridgehead atoms. The number of nitrogens with zero attached hydrogens (tertiary/aromatic N) is 2. The lowest BCUT2D eigenvalue weighted by atomic mass is 10.0. The van der Waals surface area contributed by atoms with Crippen LogP contribution in [0.4, 0.5) is 0 Å². The SMILES string of the molecule is CC(C)[C@H](NC(=O)c1cccs1)C(=O)N1CCN(Cc2ccccc2)CC1. The van der Waals surface area contributed by atoms with Crippen molar-refractivity contribution in [3.8, 4) is 0 Å². The minimum atomic E-state index is -0.486. The fourth-order valence-corrected chi connectivity index (χ4v) is 3.93. The number of rotatable bonds is 6. The second-order valence-electron chi connectivity index (χ2n) is 7.26. The molecule has 1 fully saturated rings. The van der Waals surface area contributed by atoms with Crippen molar-refractivity contribution in [1.29, 1.82) is 0 Å². The van der Waals surface area contributed by atoms with E-state index in [4.69, 9.17) is 0 Å². The molecule has 1 aromatic heterocycles. The molecule has 0 radical (unpaired) electrons. The van der Waals surface area contributed by atoms with Crippen molar-refractivity contribution >= 4 is 23.2 Å². The third kappa shape index (κ3) is 5.17. The van der Waals surface area contributed by atoms with Gasteiger partial charge in [-0.1, -0.05) is 50.2 Å². The molecule has 1 saturated heterocycles. The molecule has 1 N–H and O–H groups in total. The Morgan fingerprint density at radius 1 is 1.04 bits per heavy atom. The first-order chi connectivity index (χ1) is 13.0. The van der Waals surface area contributed by atoms with Gasteiger partial charge in [0.15, 0.2) is 0 Å². The van der Waals surface area contributed by atoms with Gasteiger partial charge < -0.3 is 10.2 Å². The molecule has 1 atom stereocenters. The molecule has 3 rings (SSSR count). The van der Waals surface area contributed by atoms with Gasteiger partial charge in [-0.3, -0.25) is 14.5 Å². The summed E-state index contributed by atoms with van der Waals surface area (Å²) < 4.78 is 0. The Kier molecular flexibility index (Phi) is 6.63. The summed E-state index contributed by atoms with van der Waals surface area (Å²) in [6.45, 7) is 7.96. The number of hydrogen-bond acceptors (Lipinski definition) is 4. The number of thiophene rings is 1. The monoisotopic (exact) mass is 385 g/mol. The topological polar surface area (TPSA) is 52.7 Å². The van der Waals surface area contributed by atoms with Gasteiger partial charge in [0.2, 0.25) is 5.91 Å². The Morgan fingerprint density at radius 2 is 1.74 bits per heavy atom. The molecule has 2 amide bonds. The first-order valence-electron chi connectivity index (χ1n) is 9.44. The van der Waals surface area contributed by atoms with Crippen molar-refractivity contribution in [1.82, 2.24) is 15.1 Å². The minimum absolute atomic E-state index is 0.0225. The molecule has 1 aromatic carbocycles. The van der Waals surface area contributed by atoms with Crippen molar-refractivity contribution in [2.75, 3.05) is 26.2 Å². The summed E-state index contributed by atoms with van der Waals surface area (Å²) in [5, 5.41) is 4.80. The van der Waals surface area contributed by atoms with Gasteiger partial charge in [0, 0.05) is 32.7 Å². The molecule has 6 heteroatoms. The second kappa shape index (κ2) is 9.15. The first-order valence-corrected chi connectivity index (χ1v) is 10.3. The number of amides is 2. The quantitative estimate of drug-likeness (QED) is 0.832. The summed E-state index contributed by atoms with van der Waals surface area (Å²) in [4.78, 5) is 30.3. The molecule has 144 valence electrons. The van der Waals surface area contributed by atoms with E-state index in [0.29, 0.717) is 18.0 Å². The lowest BCUT2D eigenvalue weighted by Crippen LogP contribution is -2.56. The van der Waals surface area contributed by atoms with Crippen LogP contribution < -0.4 is 5.32 Å². The smallest absolute Gasteiger partial charge is 0.262 e. The normalized spacial score (nSPS) is 16.3. The molecule has 2 heterocycles. The maximum Gasteiger partial charge on any atom is 0.262 e. The number of carbonyl (C=O) groups excluding carboxylic acids is 2. The van der Waals surface area contributed by atoms with Crippen LogP contribution in [-0.4, -0.2) is 53.8 Å². The summed E-state index contributed by atoms with van der Waals surface area (Å²) in [6, 6.07) is 13.5. The molecular weight excluding hydrogens is 358 g/mol. The fourth-order valence-electron chi connectivity index (χ4n) is 3.30. The van der Waals surface area contributed by atoms with Crippen molar-refractivity contribution < 1.29 is 9.59 Å². The maximum atomic E-state index is 13.0. The number of nitrogens with one attached hydrogen (secondary N) is 1. The zero-order valence-electron chi connectivity index (χ0n) is 15.9. The Hall–Kier alpha value is -2.18. The largest absolute Gasteiger partial charge is 0.339 e. The summed E-state index contributed by atoms with van der Waals surface area (Å²) in [6.07, 6.45) is 0. The van der Waals surface area contributed by atoms with Crippen molar-refractivity contribution in [3.05, 3.63) is 58.3 Å². The van der Waals surface area contributed by atoms with Gasteiger partial charge in [-0.25, -0.2) is 0 Å². The van der Waals surface area contributed by atoms with Gasteiger partial charge in [-0.05, 0) is 22.9 Å². The molecule has 1 aliphatic rings. The van der Waals surface area contributed by atoms with Crippen molar-refractivity contribution in [3.63, 3.8) is 0 Å². The van der Waals surface area contributed by atoms with E-state index in [2.05, 4.69) is 34.5 Å². The molecule has 27 heavy (non-hydrogen) atoms.